The van der Waals surface area contributed by atoms with Crippen LogP contribution in [0, 0.1) is 6.92 Å². The van der Waals surface area contributed by atoms with Gasteiger partial charge in [0.1, 0.15) is 11.2 Å². The summed E-state index contributed by atoms with van der Waals surface area (Å²) in [5.41, 5.74) is 6.92. The van der Waals surface area contributed by atoms with Crippen molar-refractivity contribution in [3.63, 3.8) is 0 Å². The Bertz CT molecular complexity index is 1210. The highest BCUT2D eigenvalue weighted by molar-refractivity contribution is 6.76. The zero-order valence-electron chi connectivity index (χ0n) is 16.4. The molecule has 0 saturated carbocycles. The lowest BCUT2D eigenvalue weighted by Gasteiger charge is -2.22. The van der Waals surface area contributed by atoms with Crippen molar-refractivity contribution in [2.75, 3.05) is 4.81 Å². The van der Waals surface area contributed by atoms with E-state index in [1.165, 1.54) is 27.6 Å². The van der Waals surface area contributed by atoms with Crippen molar-refractivity contribution in [3.05, 3.63) is 84.2 Å². The van der Waals surface area contributed by atoms with E-state index >= 15 is 0 Å². The number of hydrogen-bond acceptors (Lipinski definition) is 2. The predicted octanol–water partition coefficient (Wildman–Crippen LogP) is 4.55. The number of pyridine rings is 1. The molecule has 0 aliphatic carbocycles. The van der Waals surface area contributed by atoms with Crippen molar-refractivity contribution in [1.82, 2.24) is 0 Å². The Labute approximate surface area is 165 Å². The van der Waals surface area contributed by atoms with Crippen LogP contribution in [0.1, 0.15) is 11.1 Å². The van der Waals surface area contributed by atoms with Gasteiger partial charge in [-0.2, -0.15) is 0 Å². The van der Waals surface area contributed by atoms with Crippen LogP contribution in [0.3, 0.4) is 0 Å². The number of furan rings is 1. The van der Waals surface area contributed by atoms with Crippen LogP contribution in [0.15, 0.2) is 77.5 Å². The van der Waals surface area contributed by atoms with Gasteiger partial charge in [-0.05, 0) is 37.0 Å². The minimum atomic E-state index is 0.126. The van der Waals surface area contributed by atoms with Gasteiger partial charge in [-0.3, -0.25) is 4.81 Å². The van der Waals surface area contributed by atoms with Crippen molar-refractivity contribution in [2.45, 2.75) is 13.7 Å². The highest BCUT2D eigenvalue weighted by Crippen LogP contribution is 2.28. The summed E-state index contributed by atoms with van der Waals surface area (Å²) in [6.07, 6.45) is 6.56. The molecule has 0 bridgehead atoms. The van der Waals surface area contributed by atoms with Crippen LogP contribution in [0.25, 0.3) is 28.2 Å². The summed E-state index contributed by atoms with van der Waals surface area (Å²) in [4.78, 5) is 2.28. The zero-order valence-corrected chi connectivity index (χ0v) is 16.4. The van der Waals surface area contributed by atoms with Gasteiger partial charge in [0, 0.05) is 22.6 Å². The molecule has 3 nitrogen and oxygen atoms in total. The number of fused-ring (bicyclic) bond motifs is 3. The Kier molecular flexibility index (Phi) is 3.87. The molecule has 4 aromatic rings. The molecule has 2 aromatic heterocycles. The smallest absolute Gasteiger partial charge is 0.447 e. The fraction of sp³-hybridized carbons (Fsp3) is 0.125. The van der Waals surface area contributed by atoms with Crippen molar-refractivity contribution >= 4 is 35.4 Å². The molecule has 1 aliphatic rings. The van der Waals surface area contributed by atoms with E-state index in [0.29, 0.717) is 0 Å². The molecule has 136 valence electrons. The molecule has 1 aliphatic heterocycles. The van der Waals surface area contributed by atoms with Gasteiger partial charge in [0.15, 0.2) is 0 Å². The summed E-state index contributed by atoms with van der Waals surface area (Å²) in [6, 6.07) is 21.1. The summed E-state index contributed by atoms with van der Waals surface area (Å²) in [5.74, 6) is 1.15. The Balaban J connectivity index is 1.58. The summed E-state index contributed by atoms with van der Waals surface area (Å²) in [5, 5.41) is 1.18. The Morgan fingerprint density at radius 2 is 1.75 bits per heavy atom. The number of benzene rings is 2. The molecule has 0 atom stereocenters. The maximum Gasteiger partial charge on any atom is 0.447 e. The molecule has 0 spiro atoms. The number of hydrogen-bond donors (Lipinski definition) is 0. The number of para-hydroxylation sites is 1. The maximum absolute atomic E-state index is 6.22. The van der Waals surface area contributed by atoms with E-state index in [4.69, 9.17) is 4.42 Å². The van der Waals surface area contributed by atoms with Gasteiger partial charge in [0.25, 0.3) is 5.82 Å². The molecule has 2 aromatic carbocycles. The van der Waals surface area contributed by atoms with Gasteiger partial charge in [0.2, 0.25) is 0 Å². The molecule has 0 amide bonds. The highest BCUT2D eigenvalue weighted by atomic mass is 16.3. The standard InChI is InChI=1S/C24H22BN2O/c1-17-15-23(26(3)16-21(17)18-9-5-4-6-10-18)27-14-13-20-19-11-7-8-12-22(19)28-24(20)25(27)2/h4-16H,1-3H3/q+1. The maximum atomic E-state index is 6.22. The summed E-state index contributed by atoms with van der Waals surface area (Å²) in [6.45, 7) is 4.50. The normalized spacial score (nSPS) is 13.2. The minimum Gasteiger partial charge on any atom is -0.465 e. The fourth-order valence-corrected chi connectivity index (χ4v) is 4.16. The van der Waals surface area contributed by atoms with Crippen LogP contribution in [0.4, 0.5) is 5.82 Å². The van der Waals surface area contributed by atoms with Crippen LogP contribution in [0.2, 0.25) is 6.82 Å². The SMILES string of the molecule is CB1c2oc3ccccc3c2C=CN1c1cc(C)c(-c2ccccc2)c[n+]1C. The molecule has 0 fully saturated rings. The van der Waals surface area contributed by atoms with Gasteiger partial charge in [-0.25, -0.2) is 4.57 Å². The van der Waals surface area contributed by atoms with Gasteiger partial charge in [0.05, 0.1) is 19.4 Å². The number of nitrogens with zero attached hydrogens (tertiary/aromatic N) is 2. The van der Waals surface area contributed by atoms with Crippen molar-refractivity contribution in [2.24, 2.45) is 7.05 Å². The van der Waals surface area contributed by atoms with Crippen LogP contribution in [0.5, 0.6) is 0 Å². The third-order valence-electron chi connectivity index (χ3n) is 5.67. The molecule has 5 rings (SSSR count). The second kappa shape index (κ2) is 6.41. The van der Waals surface area contributed by atoms with E-state index < -0.39 is 0 Å². The largest absolute Gasteiger partial charge is 0.465 e. The molecule has 0 unspecified atom stereocenters. The van der Waals surface area contributed by atoms with E-state index in [2.05, 4.69) is 97.2 Å². The lowest BCUT2D eigenvalue weighted by Crippen LogP contribution is -2.50. The molecule has 0 saturated heterocycles. The number of rotatable bonds is 2. The monoisotopic (exact) mass is 365 g/mol. The second-order valence-electron chi connectivity index (χ2n) is 7.48. The lowest BCUT2D eigenvalue weighted by molar-refractivity contribution is -0.657. The summed E-state index contributed by atoms with van der Waals surface area (Å²) in [7, 11) is 2.11. The molecular formula is C24H22BN2O+. The lowest BCUT2D eigenvalue weighted by atomic mass is 9.58. The molecule has 4 heteroatoms. The molecular weight excluding hydrogens is 343 g/mol. The van der Waals surface area contributed by atoms with E-state index in [0.717, 1.165) is 17.1 Å². The number of aromatic nitrogens is 1. The quantitative estimate of drug-likeness (QED) is 0.384. The van der Waals surface area contributed by atoms with E-state index in [9.17, 15) is 0 Å². The Morgan fingerprint density at radius 3 is 2.57 bits per heavy atom. The zero-order chi connectivity index (χ0) is 19.3. The minimum absolute atomic E-state index is 0.126. The van der Waals surface area contributed by atoms with Crippen molar-refractivity contribution in [1.29, 1.82) is 0 Å². The third kappa shape index (κ3) is 2.56. The summed E-state index contributed by atoms with van der Waals surface area (Å²) >= 11 is 0. The first-order chi connectivity index (χ1) is 13.6. The van der Waals surface area contributed by atoms with Crippen LogP contribution < -0.4 is 15.0 Å². The fourth-order valence-electron chi connectivity index (χ4n) is 4.16. The topological polar surface area (TPSA) is 20.3 Å². The van der Waals surface area contributed by atoms with E-state index in [1.807, 2.05) is 12.1 Å². The van der Waals surface area contributed by atoms with Crippen LogP contribution in [-0.2, 0) is 7.05 Å². The third-order valence-corrected chi connectivity index (χ3v) is 5.67. The van der Waals surface area contributed by atoms with Gasteiger partial charge < -0.3 is 4.42 Å². The van der Waals surface area contributed by atoms with Crippen LogP contribution >= 0.6 is 0 Å². The number of anilines is 1. The Hall–Kier alpha value is -3.27. The second-order valence-corrected chi connectivity index (χ2v) is 7.48. The average molecular weight is 365 g/mol. The molecule has 28 heavy (non-hydrogen) atoms. The van der Waals surface area contributed by atoms with E-state index in [-0.39, 0.29) is 6.85 Å². The van der Waals surface area contributed by atoms with Crippen LogP contribution in [-0.4, -0.2) is 6.85 Å². The highest BCUT2D eigenvalue weighted by Gasteiger charge is 2.37. The first-order valence-electron chi connectivity index (χ1n) is 9.67. The molecule has 3 heterocycles. The molecule has 0 N–H and O–H groups in total. The van der Waals surface area contributed by atoms with Crippen molar-refractivity contribution in [3.8, 4) is 11.1 Å². The number of aryl methyl sites for hydroxylation is 2. The first kappa shape index (κ1) is 16.9. The van der Waals surface area contributed by atoms with Gasteiger partial charge in [-0.1, -0.05) is 48.5 Å². The average Bonchev–Trinajstić information content (AvgIpc) is 3.10. The van der Waals surface area contributed by atoms with Crippen molar-refractivity contribution < 1.29 is 8.98 Å². The predicted molar refractivity (Wildman–Crippen MR) is 117 cm³/mol. The molecule has 0 radical (unpaired) electrons. The van der Waals surface area contributed by atoms with Gasteiger partial charge >= 0.3 is 6.85 Å². The Morgan fingerprint density at radius 1 is 1.00 bits per heavy atom. The van der Waals surface area contributed by atoms with E-state index in [1.54, 1.807) is 0 Å². The first-order valence-corrected chi connectivity index (χ1v) is 9.67. The van der Waals surface area contributed by atoms with Gasteiger partial charge in [-0.15, -0.1) is 0 Å². The summed E-state index contributed by atoms with van der Waals surface area (Å²) < 4.78 is 8.41.